The monoisotopic (exact) mass is 364 g/mol. The third-order valence-electron chi connectivity index (χ3n) is 3.32. The molecule has 0 N–H and O–H groups in total. The van der Waals surface area contributed by atoms with Crippen molar-refractivity contribution >= 4 is 22.9 Å². The second kappa shape index (κ2) is 8.89. The van der Waals surface area contributed by atoms with Crippen LogP contribution in [0, 0.1) is 6.92 Å². The summed E-state index contributed by atoms with van der Waals surface area (Å²) in [5, 5.41) is 0.618. The molecule has 0 amide bonds. The second-order valence-electron chi connectivity index (χ2n) is 5.23. The van der Waals surface area contributed by atoms with Crippen LogP contribution in [0.2, 0.25) is 0 Å². The zero-order valence-electron chi connectivity index (χ0n) is 14.8. The highest BCUT2D eigenvalue weighted by atomic mass is 16.6. The van der Waals surface area contributed by atoms with Crippen molar-refractivity contribution in [3.8, 4) is 11.5 Å². The molecular formula is C18H20O8. The van der Waals surface area contributed by atoms with Gasteiger partial charge < -0.3 is 23.4 Å². The molecule has 0 saturated heterocycles. The molecule has 0 unspecified atom stereocenters. The lowest BCUT2D eigenvalue weighted by atomic mass is 10.1. The van der Waals surface area contributed by atoms with Crippen LogP contribution >= 0.6 is 0 Å². The van der Waals surface area contributed by atoms with Crippen LogP contribution < -0.4 is 15.1 Å². The van der Waals surface area contributed by atoms with Crippen molar-refractivity contribution in [3.05, 3.63) is 34.2 Å². The van der Waals surface area contributed by atoms with Gasteiger partial charge in [0.1, 0.15) is 5.58 Å². The number of fused-ring (bicyclic) bond motifs is 1. The Kier molecular flexibility index (Phi) is 6.60. The average molecular weight is 364 g/mol. The number of rotatable bonds is 8. The van der Waals surface area contributed by atoms with Crippen LogP contribution in [0.5, 0.6) is 11.5 Å². The van der Waals surface area contributed by atoms with E-state index in [1.807, 2.05) is 0 Å². The molecule has 0 radical (unpaired) electrons. The maximum Gasteiger partial charge on any atom is 0.344 e. The van der Waals surface area contributed by atoms with E-state index in [0.29, 0.717) is 10.9 Å². The van der Waals surface area contributed by atoms with Gasteiger partial charge in [0, 0.05) is 17.5 Å². The van der Waals surface area contributed by atoms with Crippen molar-refractivity contribution in [1.29, 1.82) is 0 Å². The maximum absolute atomic E-state index is 11.6. The summed E-state index contributed by atoms with van der Waals surface area (Å²) in [7, 11) is 0. The van der Waals surface area contributed by atoms with Crippen LogP contribution in [-0.4, -0.2) is 38.4 Å². The molecule has 8 nitrogen and oxygen atoms in total. The normalized spacial score (nSPS) is 10.4. The van der Waals surface area contributed by atoms with Gasteiger partial charge in [0.25, 0.3) is 0 Å². The minimum absolute atomic E-state index is 0.142. The van der Waals surface area contributed by atoms with Crippen LogP contribution in [0.15, 0.2) is 27.4 Å². The Labute approximate surface area is 149 Å². The Morgan fingerprint density at radius 1 is 0.923 bits per heavy atom. The summed E-state index contributed by atoms with van der Waals surface area (Å²) in [4.78, 5) is 34.6. The maximum atomic E-state index is 11.6. The van der Waals surface area contributed by atoms with Gasteiger partial charge in [-0.3, -0.25) is 0 Å². The molecule has 0 aliphatic rings. The lowest BCUT2D eigenvalue weighted by molar-refractivity contribution is -0.146. The first-order valence-electron chi connectivity index (χ1n) is 8.10. The standard InChI is InChI=1S/C18H20O8/c1-4-22-17(20)9-24-14-7-12-11(3)6-16(19)26-13(12)8-15(14)25-10-18(21)23-5-2/h6-8H,4-5,9-10H2,1-3H3. The summed E-state index contributed by atoms with van der Waals surface area (Å²) in [5.74, 6) is -0.745. The SMILES string of the molecule is CCOC(=O)COc1cc2oc(=O)cc(C)c2cc1OCC(=O)OCC. The molecule has 2 aromatic rings. The Bertz CT molecular complexity index is 852. The van der Waals surface area contributed by atoms with E-state index in [0.717, 1.165) is 0 Å². The van der Waals surface area contributed by atoms with Gasteiger partial charge in [0.2, 0.25) is 0 Å². The van der Waals surface area contributed by atoms with Gasteiger partial charge in [-0.1, -0.05) is 0 Å². The van der Waals surface area contributed by atoms with Crippen LogP contribution in [-0.2, 0) is 19.1 Å². The topological polar surface area (TPSA) is 101 Å². The van der Waals surface area contributed by atoms with E-state index in [2.05, 4.69) is 0 Å². The van der Waals surface area contributed by atoms with Crippen molar-refractivity contribution < 1.29 is 33.0 Å². The van der Waals surface area contributed by atoms with Gasteiger partial charge in [-0.25, -0.2) is 14.4 Å². The number of carbonyl (C=O) groups excluding carboxylic acids is 2. The van der Waals surface area contributed by atoms with Crippen molar-refractivity contribution in [1.82, 2.24) is 0 Å². The molecule has 0 aliphatic carbocycles. The first kappa shape index (κ1) is 19.3. The van der Waals surface area contributed by atoms with Gasteiger partial charge >= 0.3 is 17.6 Å². The first-order valence-corrected chi connectivity index (χ1v) is 8.10. The van der Waals surface area contributed by atoms with E-state index in [4.69, 9.17) is 23.4 Å². The number of esters is 2. The van der Waals surface area contributed by atoms with E-state index in [1.54, 1.807) is 26.8 Å². The minimum Gasteiger partial charge on any atom is -0.478 e. The summed E-state index contributed by atoms with van der Waals surface area (Å²) >= 11 is 0. The van der Waals surface area contributed by atoms with E-state index < -0.39 is 17.6 Å². The molecule has 0 fully saturated rings. The molecule has 8 heteroatoms. The van der Waals surface area contributed by atoms with Gasteiger partial charge in [0.15, 0.2) is 24.7 Å². The minimum atomic E-state index is -0.561. The Morgan fingerprint density at radius 3 is 2.00 bits per heavy atom. The third-order valence-corrected chi connectivity index (χ3v) is 3.32. The highest BCUT2D eigenvalue weighted by Crippen LogP contribution is 2.33. The fraction of sp³-hybridized carbons (Fsp3) is 0.389. The fourth-order valence-electron chi connectivity index (χ4n) is 2.23. The molecule has 0 saturated carbocycles. The van der Waals surface area contributed by atoms with Crippen LogP contribution in [0.4, 0.5) is 0 Å². The van der Waals surface area contributed by atoms with Crippen molar-refractivity contribution in [2.75, 3.05) is 26.4 Å². The predicted octanol–water partition coefficient (Wildman–Crippen LogP) is 1.99. The van der Waals surface area contributed by atoms with Gasteiger partial charge in [-0.15, -0.1) is 0 Å². The molecule has 0 spiro atoms. The molecular weight excluding hydrogens is 344 g/mol. The number of aryl methyl sites for hydroxylation is 1. The van der Waals surface area contributed by atoms with E-state index in [-0.39, 0.29) is 43.5 Å². The summed E-state index contributed by atoms with van der Waals surface area (Å²) in [6.45, 7) is 4.88. The average Bonchev–Trinajstić information content (AvgIpc) is 2.58. The Morgan fingerprint density at radius 2 is 1.46 bits per heavy atom. The highest BCUT2D eigenvalue weighted by molar-refractivity contribution is 5.84. The first-order chi connectivity index (χ1) is 12.4. The summed E-state index contributed by atoms with van der Waals surface area (Å²) in [6.07, 6.45) is 0. The number of hydrogen-bond acceptors (Lipinski definition) is 8. The Balaban J connectivity index is 2.34. The number of benzene rings is 1. The van der Waals surface area contributed by atoms with E-state index in [1.165, 1.54) is 12.1 Å². The highest BCUT2D eigenvalue weighted by Gasteiger charge is 2.15. The predicted molar refractivity (Wildman–Crippen MR) is 91.5 cm³/mol. The zero-order chi connectivity index (χ0) is 19.1. The van der Waals surface area contributed by atoms with Crippen LogP contribution in [0.25, 0.3) is 11.0 Å². The van der Waals surface area contributed by atoms with Crippen LogP contribution in [0.3, 0.4) is 0 Å². The van der Waals surface area contributed by atoms with E-state index >= 15 is 0 Å². The van der Waals surface area contributed by atoms with Gasteiger partial charge in [-0.2, -0.15) is 0 Å². The zero-order valence-corrected chi connectivity index (χ0v) is 14.8. The molecule has 0 aliphatic heterocycles. The molecule has 0 bridgehead atoms. The largest absolute Gasteiger partial charge is 0.478 e. The van der Waals surface area contributed by atoms with Gasteiger partial charge in [0.05, 0.1) is 13.2 Å². The lowest BCUT2D eigenvalue weighted by Crippen LogP contribution is -2.17. The van der Waals surface area contributed by atoms with Crippen molar-refractivity contribution in [2.45, 2.75) is 20.8 Å². The second-order valence-corrected chi connectivity index (χ2v) is 5.23. The third kappa shape index (κ3) is 4.98. The molecule has 1 aromatic carbocycles. The number of hydrogen-bond donors (Lipinski definition) is 0. The quantitative estimate of drug-likeness (QED) is 0.518. The fourth-order valence-corrected chi connectivity index (χ4v) is 2.23. The molecule has 1 heterocycles. The van der Waals surface area contributed by atoms with Crippen LogP contribution in [0.1, 0.15) is 19.4 Å². The summed E-state index contributed by atoms with van der Waals surface area (Å²) in [6, 6.07) is 4.35. The van der Waals surface area contributed by atoms with Crippen molar-refractivity contribution in [3.63, 3.8) is 0 Å². The summed E-state index contributed by atoms with van der Waals surface area (Å²) < 4.78 is 25.7. The number of carbonyl (C=O) groups is 2. The molecule has 2 rings (SSSR count). The summed E-state index contributed by atoms with van der Waals surface area (Å²) in [5.41, 5.74) is 0.443. The molecule has 26 heavy (non-hydrogen) atoms. The molecule has 1 aromatic heterocycles. The molecule has 0 atom stereocenters. The Hall–Kier alpha value is -3.03. The smallest absolute Gasteiger partial charge is 0.344 e. The lowest BCUT2D eigenvalue weighted by Gasteiger charge is -2.13. The van der Waals surface area contributed by atoms with Crippen molar-refractivity contribution in [2.24, 2.45) is 0 Å². The van der Waals surface area contributed by atoms with E-state index in [9.17, 15) is 14.4 Å². The molecule has 140 valence electrons. The van der Waals surface area contributed by atoms with Gasteiger partial charge in [-0.05, 0) is 32.4 Å². The number of ether oxygens (including phenoxy) is 4.